The molecule has 2 aliphatic rings. The van der Waals surface area contributed by atoms with E-state index in [1.165, 1.54) is 12.2 Å². The molecule has 2 N–H and O–H groups in total. The van der Waals surface area contributed by atoms with E-state index in [1.54, 1.807) is 7.11 Å². The fourth-order valence-electron chi connectivity index (χ4n) is 3.82. The minimum atomic E-state index is -0.0277. The fourth-order valence-corrected chi connectivity index (χ4v) is 5.30. The monoisotopic (exact) mass is 422 g/mol. The molecule has 0 spiro atoms. The lowest BCUT2D eigenvalue weighted by Crippen LogP contribution is -2.60. The fraction of sp³-hybridized carbons (Fsp3) is 0.667. The Morgan fingerprint density at radius 1 is 1.28 bits per heavy atom. The third kappa shape index (κ3) is 5.93. The third-order valence-electron chi connectivity index (χ3n) is 5.53. The van der Waals surface area contributed by atoms with Crippen LogP contribution in [0.2, 0.25) is 0 Å². The van der Waals surface area contributed by atoms with Crippen molar-refractivity contribution >= 4 is 17.7 Å². The summed E-state index contributed by atoms with van der Waals surface area (Å²) in [7, 11) is 3.47. The number of morpholine rings is 1. The molecular weight excluding hydrogens is 388 g/mol. The van der Waals surface area contributed by atoms with Gasteiger partial charge >= 0.3 is 0 Å². The third-order valence-corrected chi connectivity index (χ3v) is 6.76. The van der Waals surface area contributed by atoms with Gasteiger partial charge in [0.05, 0.1) is 26.9 Å². The Bertz CT molecular complexity index is 661. The van der Waals surface area contributed by atoms with Crippen LogP contribution in [0.3, 0.4) is 0 Å². The summed E-state index contributed by atoms with van der Waals surface area (Å²) in [5.74, 6) is 4.68. The van der Waals surface area contributed by atoms with Gasteiger partial charge in [-0.05, 0) is 31.2 Å². The number of thioether (sulfide) groups is 1. The molecule has 2 atom stereocenters. The number of guanidine groups is 1. The zero-order chi connectivity index (χ0) is 20.5. The summed E-state index contributed by atoms with van der Waals surface area (Å²) in [6.07, 6.45) is 1.18. The summed E-state index contributed by atoms with van der Waals surface area (Å²) in [6, 6.07) is 7.71. The van der Waals surface area contributed by atoms with Gasteiger partial charge in [0.25, 0.3) is 0 Å². The first-order valence-electron chi connectivity index (χ1n) is 10.3. The molecule has 29 heavy (non-hydrogen) atoms. The van der Waals surface area contributed by atoms with Crippen molar-refractivity contribution in [3.05, 3.63) is 24.3 Å². The van der Waals surface area contributed by atoms with Crippen LogP contribution in [0.15, 0.2) is 29.3 Å². The maximum atomic E-state index is 6.03. The Balaban J connectivity index is 1.49. The Morgan fingerprint density at radius 2 is 2.03 bits per heavy atom. The highest BCUT2D eigenvalue weighted by atomic mass is 32.2. The van der Waals surface area contributed by atoms with Crippen molar-refractivity contribution in [2.75, 3.05) is 65.1 Å². The van der Waals surface area contributed by atoms with Gasteiger partial charge in [-0.3, -0.25) is 9.89 Å². The Hall–Kier alpha value is -1.64. The number of hydrogen-bond acceptors (Lipinski definition) is 6. The van der Waals surface area contributed by atoms with Crippen LogP contribution in [0.4, 0.5) is 0 Å². The van der Waals surface area contributed by atoms with Gasteiger partial charge in [0, 0.05) is 38.0 Å². The van der Waals surface area contributed by atoms with Crippen LogP contribution in [0.1, 0.15) is 13.3 Å². The van der Waals surface area contributed by atoms with Crippen molar-refractivity contribution in [1.29, 1.82) is 0 Å². The molecule has 3 rings (SSSR count). The van der Waals surface area contributed by atoms with Crippen LogP contribution in [0.25, 0.3) is 0 Å². The van der Waals surface area contributed by atoms with E-state index in [0.717, 1.165) is 56.1 Å². The van der Waals surface area contributed by atoms with Crippen LogP contribution in [-0.4, -0.2) is 87.6 Å². The van der Waals surface area contributed by atoms with Crippen molar-refractivity contribution in [3.8, 4) is 11.5 Å². The maximum absolute atomic E-state index is 6.03. The molecular formula is C21H34N4O3S. The molecule has 2 aliphatic heterocycles. The quantitative estimate of drug-likeness (QED) is 0.489. The van der Waals surface area contributed by atoms with Crippen molar-refractivity contribution < 1.29 is 14.2 Å². The molecule has 0 saturated carbocycles. The largest absolute Gasteiger partial charge is 0.493 e. The van der Waals surface area contributed by atoms with E-state index in [4.69, 9.17) is 14.2 Å². The summed E-state index contributed by atoms with van der Waals surface area (Å²) in [5, 5.41) is 6.95. The van der Waals surface area contributed by atoms with Crippen molar-refractivity contribution in [3.63, 3.8) is 0 Å². The van der Waals surface area contributed by atoms with Crippen LogP contribution in [-0.2, 0) is 4.74 Å². The van der Waals surface area contributed by atoms with Crippen LogP contribution in [0.5, 0.6) is 11.5 Å². The second-order valence-corrected chi connectivity index (χ2v) is 8.62. The zero-order valence-electron chi connectivity index (χ0n) is 17.8. The summed E-state index contributed by atoms with van der Waals surface area (Å²) < 4.78 is 16.9. The molecule has 1 aromatic carbocycles. The zero-order valence-corrected chi connectivity index (χ0v) is 18.6. The SMILES string of the molecule is CN=C(NCC(C)Oc1ccccc1OC)NCC1(N2CCOCC2)CCSC1. The molecule has 8 heteroatoms. The second-order valence-electron chi connectivity index (χ2n) is 7.51. The lowest BCUT2D eigenvalue weighted by molar-refractivity contribution is -0.0120. The highest BCUT2D eigenvalue weighted by Gasteiger charge is 2.40. The highest BCUT2D eigenvalue weighted by molar-refractivity contribution is 7.99. The molecule has 2 fully saturated rings. The first-order valence-corrected chi connectivity index (χ1v) is 11.5. The van der Waals surface area contributed by atoms with E-state index >= 15 is 0 Å². The molecule has 2 saturated heterocycles. The van der Waals surface area contributed by atoms with Gasteiger partial charge < -0.3 is 24.8 Å². The van der Waals surface area contributed by atoms with E-state index in [2.05, 4.69) is 20.5 Å². The van der Waals surface area contributed by atoms with E-state index in [9.17, 15) is 0 Å². The summed E-state index contributed by atoms with van der Waals surface area (Å²) >= 11 is 2.04. The Morgan fingerprint density at radius 3 is 2.69 bits per heavy atom. The number of aliphatic imine (C=N–C) groups is 1. The number of nitrogens with one attached hydrogen (secondary N) is 2. The Kier molecular flexibility index (Phi) is 8.32. The number of nitrogens with zero attached hydrogens (tertiary/aromatic N) is 2. The number of benzene rings is 1. The smallest absolute Gasteiger partial charge is 0.191 e. The average molecular weight is 423 g/mol. The number of ether oxygens (including phenoxy) is 3. The van der Waals surface area contributed by atoms with Crippen molar-refractivity contribution in [1.82, 2.24) is 15.5 Å². The van der Waals surface area contributed by atoms with Gasteiger partial charge in [0.2, 0.25) is 0 Å². The van der Waals surface area contributed by atoms with Crippen LogP contribution in [0, 0.1) is 0 Å². The summed E-state index contributed by atoms with van der Waals surface area (Å²) in [4.78, 5) is 7.00. The molecule has 0 aliphatic carbocycles. The second kappa shape index (κ2) is 10.9. The molecule has 1 aromatic rings. The van der Waals surface area contributed by atoms with Gasteiger partial charge in [0.15, 0.2) is 17.5 Å². The lowest BCUT2D eigenvalue weighted by atomic mass is 9.95. The van der Waals surface area contributed by atoms with E-state index < -0.39 is 0 Å². The topological polar surface area (TPSA) is 67.4 Å². The van der Waals surface area contributed by atoms with Gasteiger partial charge in [-0.15, -0.1) is 0 Å². The molecule has 0 aromatic heterocycles. The van der Waals surface area contributed by atoms with Crippen LogP contribution < -0.4 is 20.1 Å². The average Bonchev–Trinajstić information content (AvgIpc) is 3.25. The molecule has 7 nitrogen and oxygen atoms in total. The summed E-state index contributed by atoms with van der Waals surface area (Å²) in [5.41, 5.74) is 0.186. The minimum Gasteiger partial charge on any atom is -0.493 e. The van der Waals surface area contributed by atoms with E-state index in [-0.39, 0.29) is 11.6 Å². The predicted octanol–water partition coefficient (Wildman–Crippen LogP) is 1.84. The van der Waals surface area contributed by atoms with Crippen LogP contribution >= 0.6 is 11.8 Å². The van der Waals surface area contributed by atoms with Gasteiger partial charge in [-0.1, -0.05) is 12.1 Å². The first-order chi connectivity index (χ1) is 14.2. The molecule has 162 valence electrons. The molecule has 0 amide bonds. The predicted molar refractivity (Wildman–Crippen MR) is 120 cm³/mol. The lowest BCUT2D eigenvalue weighted by Gasteiger charge is -2.43. The number of rotatable bonds is 8. The minimum absolute atomic E-state index is 0.0277. The van der Waals surface area contributed by atoms with Crippen molar-refractivity contribution in [2.45, 2.75) is 25.0 Å². The number of para-hydroxylation sites is 2. The van der Waals surface area contributed by atoms with E-state index in [0.29, 0.717) is 6.54 Å². The Labute approximate surface area is 178 Å². The highest BCUT2D eigenvalue weighted by Crippen LogP contribution is 2.33. The number of hydrogen-bond donors (Lipinski definition) is 2. The normalized spacial score (nSPS) is 24.2. The molecule has 2 unspecified atom stereocenters. The standard InChI is InChI=1S/C21H34N4O3S/c1-17(28-19-7-5-4-6-18(19)26-3)14-23-20(22-2)24-15-21(8-13-29-16-21)25-9-11-27-12-10-25/h4-7,17H,8-16H2,1-3H3,(H2,22,23,24). The maximum Gasteiger partial charge on any atom is 0.191 e. The molecule has 0 radical (unpaired) electrons. The van der Waals surface area contributed by atoms with Gasteiger partial charge in [-0.2, -0.15) is 11.8 Å². The summed E-state index contributed by atoms with van der Waals surface area (Å²) in [6.45, 7) is 7.26. The first kappa shape index (κ1) is 22.1. The molecule has 2 heterocycles. The number of methoxy groups -OCH3 is 1. The van der Waals surface area contributed by atoms with E-state index in [1.807, 2.05) is 50.0 Å². The van der Waals surface area contributed by atoms with Gasteiger partial charge in [0.1, 0.15) is 6.10 Å². The van der Waals surface area contributed by atoms with Crippen molar-refractivity contribution in [2.24, 2.45) is 4.99 Å². The molecule has 0 bridgehead atoms. The van der Waals surface area contributed by atoms with Gasteiger partial charge in [-0.25, -0.2) is 0 Å².